The highest BCUT2D eigenvalue weighted by atomic mass is 16.2. The van der Waals surface area contributed by atoms with Crippen molar-refractivity contribution in [2.45, 2.75) is 54.4 Å². The van der Waals surface area contributed by atoms with E-state index in [1.807, 2.05) is 55.7 Å². The molecule has 0 unspecified atom stereocenters. The molecule has 0 spiro atoms. The maximum atomic E-state index is 11.2. The number of aryl methyl sites for hydroxylation is 4. The van der Waals surface area contributed by atoms with Gasteiger partial charge >= 0.3 is 0 Å². The first kappa shape index (κ1) is 34.2. The van der Waals surface area contributed by atoms with Crippen LogP contribution >= 0.6 is 0 Å². The van der Waals surface area contributed by atoms with Crippen LogP contribution in [0.5, 0.6) is 0 Å². The van der Waals surface area contributed by atoms with Gasteiger partial charge in [-0.1, -0.05) is 56.0 Å². The fourth-order valence-electron chi connectivity index (χ4n) is 5.42. The summed E-state index contributed by atoms with van der Waals surface area (Å²) in [6.45, 7) is 8.17. The molecule has 5 N–H and O–H groups in total. The van der Waals surface area contributed by atoms with E-state index in [1.54, 1.807) is 6.07 Å². The number of carbonyl (C=O) groups excluding carboxylic acids is 3. The highest BCUT2D eigenvalue weighted by Gasteiger charge is 2.19. The lowest BCUT2D eigenvalue weighted by molar-refractivity contribution is -0.123. The number of carbonyl (C=O) groups is 3. The Hall–Kier alpha value is -5.70. The number of anilines is 3. The lowest BCUT2D eigenvalue weighted by atomic mass is 9.98. The zero-order valence-corrected chi connectivity index (χ0v) is 26.5. The standard InChI is InChI=1S/C10H10N2O2.C10H11NO.C9H9N.C8H8N2.CH4/c1-6-3-2-4-7-10(6)12-9(14)5-8(13)11-7;1-7-3-2-4-9-8(7)5-6-10(12)11-9;1-7-3-2-4-9-8(7)5-6-10-9;1-6-3-2-4-8-7(6)5-9-10-8;/h2-4H,5H2,1H3,(H,11,13)(H,12,14);2-4H,5-6H2,1H3,(H,11,12);2-6,10H,1H3;2-5H,1H3,(H,9,10);1H4. The van der Waals surface area contributed by atoms with E-state index in [9.17, 15) is 14.4 Å². The number of H-pyrrole nitrogens is 2. The second kappa shape index (κ2) is 15.5. The number of fused-ring (bicyclic) bond motifs is 4. The molecule has 2 aliphatic heterocycles. The highest BCUT2D eigenvalue weighted by molar-refractivity contribution is 6.13. The monoisotopic (exact) mass is 630 g/mol. The molecule has 242 valence electrons. The molecule has 9 heteroatoms. The molecule has 3 amide bonds. The molecule has 2 aromatic heterocycles. The van der Waals surface area contributed by atoms with Gasteiger partial charge in [-0.15, -0.1) is 0 Å². The van der Waals surface area contributed by atoms with Crippen LogP contribution in [0.15, 0.2) is 91.3 Å². The zero-order valence-electron chi connectivity index (χ0n) is 26.5. The van der Waals surface area contributed by atoms with E-state index < -0.39 is 0 Å². The van der Waals surface area contributed by atoms with Crippen molar-refractivity contribution in [2.24, 2.45) is 0 Å². The maximum absolute atomic E-state index is 11.2. The summed E-state index contributed by atoms with van der Waals surface area (Å²) in [5.41, 5.74) is 10.8. The number of amides is 3. The maximum Gasteiger partial charge on any atom is 0.233 e. The number of benzene rings is 4. The third-order valence-electron chi connectivity index (χ3n) is 7.93. The molecule has 0 fully saturated rings. The molecule has 0 atom stereocenters. The van der Waals surface area contributed by atoms with Crippen LogP contribution in [0.4, 0.5) is 17.1 Å². The number of hydrogen-bond donors (Lipinski definition) is 5. The average molecular weight is 631 g/mol. The summed E-state index contributed by atoms with van der Waals surface area (Å²) < 4.78 is 0. The number of nitrogens with one attached hydrogen (secondary N) is 5. The largest absolute Gasteiger partial charge is 0.361 e. The number of aromatic nitrogens is 3. The van der Waals surface area contributed by atoms with Crippen LogP contribution in [-0.4, -0.2) is 32.9 Å². The van der Waals surface area contributed by atoms with Crippen LogP contribution in [0.1, 0.15) is 48.1 Å². The van der Waals surface area contributed by atoms with Crippen molar-refractivity contribution in [3.05, 3.63) is 119 Å². The van der Waals surface area contributed by atoms with Crippen LogP contribution in [0.25, 0.3) is 21.8 Å². The van der Waals surface area contributed by atoms with Crippen molar-refractivity contribution in [3.63, 3.8) is 0 Å². The molecule has 0 bridgehead atoms. The number of nitrogens with zero attached hydrogens (tertiary/aromatic N) is 1. The normalized spacial score (nSPS) is 12.9. The predicted molar refractivity (Wildman–Crippen MR) is 192 cm³/mol. The summed E-state index contributed by atoms with van der Waals surface area (Å²) in [7, 11) is 0. The van der Waals surface area contributed by atoms with Crippen molar-refractivity contribution in [1.82, 2.24) is 15.2 Å². The fourth-order valence-corrected chi connectivity index (χ4v) is 5.42. The summed E-state index contributed by atoms with van der Waals surface area (Å²) in [5.74, 6) is -0.407. The summed E-state index contributed by atoms with van der Waals surface area (Å²) in [4.78, 5) is 36.6. The average Bonchev–Trinajstić information content (AvgIpc) is 3.69. The Kier molecular flexibility index (Phi) is 11.3. The van der Waals surface area contributed by atoms with Gasteiger partial charge in [-0.2, -0.15) is 5.10 Å². The molecule has 8 rings (SSSR count). The molecule has 47 heavy (non-hydrogen) atoms. The minimum absolute atomic E-state index is 0. The highest BCUT2D eigenvalue weighted by Crippen LogP contribution is 2.28. The molecule has 2 aliphatic rings. The smallest absolute Gasteiger partial charge is 0.233 e. The van der Waals surface area contributed by atoms with Gasteiger partial charge in [0.15, 0.2) is 0 Å². The Labute approximate surface area is 275 Å². The first-order valence-corrected chi connectivity index (χ1v) is 15.2. The first-order chi connectivity index (χ1) is 22.2. The molecule has 9 nitrogen and oxygen atoms in total. The van der Waals surface area contributed by atoms with Crippen LogP contribution in [0, 0.1) is 27.7 Å². The van der Waals surface area contributed by atoms with Crippen molar-refractivity contribution in [1.29, 1.82) is 0 Å². The summed E-state index contributed by atoms with van der Waals surface area (Å²) in [6.07, 6.45) is 5.21. The first-order valence-electron chi connectivity index (χ1n) is 15.2. The van der Waals surface area contributed by atoms with Gasteiger partial charge in [0.2, 0.25) is 17.7 Å². The van der Waals surface area contributed by atoms with E-state index in [-0.39, 0.29) is 31.6 Å². The second-order valence-corrected chi connectivity index (χ2v) is 11.3. The Morgan fingerprint density at radius 1 is 0.574 bits per heavy atom. The van der Waals surface area contributed by atoms with E-state index >= 15 is 0 Å². The lowest BCUT2D eigenvalue weighted by Crippen LogP contribution is -2.19. The minimum Gasteiger partial charge on any atom is -0.361 e. The third kappa shape index (κ3) is 8.52. The van der Waals surface area contributed by atoms with E-state index in [2.05, 4.69) is 88.3 Å². The summed E-state index contributed by atoms with van der Waals surface area (Å²) >= 11 is 0. The Bertz CT molecular complexity index is 1950. The van der Waals surface area contributed by atoms with Crippen molar-refractivity contribution < 1.29 is 14.4 Å². The Balaban J connectivity index is 0.000000142. The number of rotatable bonds is 0. The van der Waals surface area contributed by atoms with E-state index in [4.69, 9.17) is 0 Å². The van der Waals surface area contributed by atoms with Crippen LogP contribution in [-0.2, 0) is 20.8 Å². The topological polar surface area (TPSA) is 132 Å². The summed E-state index contributed by atoms with van der Waals surface area (Å²) in [5, 5.41) is 17.6. The van der Waals surface area contributed by atoms with E-state index in [0.717, 1.165) is 23.2 Å². The van der Waals surface area contributed by atoms with Crippen LogP contribution in [0.3, 0.4) is 0 Å². The molecule has 0 aliphatic carbocycles. The lowest BCUT2D eigenvalue weighted by Gasteiger charge is -2.18. The van der Waals surface area contributed by atoms with Gasteiger partial charge in [0.25, 0.3) is 0 Å². The molecule has 4 heterocycles. The quantitative estimate of drug-likeness (QED) is 0.108. The van der Waals surface area contributed by atoms with Gasteiger partial charge in [0.1, 0.15) is 6.42 Å². The number of para-hydroxylation sites is 1. The van der Waals surface area contributed by atoms with E-state index in [0.29, 0.717) is 17.8 Å². The minimum atomic E-state index is -0.271. The van der Waals surface area contributed by atoms with Crippen molar-refractivity contribution in [2.75, 3.05) is 16.0 Å². The fraction of sp³-hybridized carbons (Fsp3) is 0.211. The third-order valence-corrected chi connectivity index (χ3v) is 7.93. The van der Waals surface area contributed by atoms with Gasteiger partial charge in [0.05, 0.1) is 23.1 Å². The number of hydrogen-bond acceptors (Lipinski definition) is 4. The molecule has 6 aromatic rings. The van der Waals surface area contributed by atoms with Crippen molar-refractivity contribution >= 4 is 56.6 Å². The van der Waals surface area contributed by atoms with E-state index in [1.165, 1.54) is 38.5 Å². The van der Waals surface area contributed by atoms with Crippen molar-refractivity contribution in [3.8, 4) is 0 Å². The van der Waals surface area contributed by atoms with Crippen LogP contribution < -0.4 is 16.0 Å². The van der Waals surface area contributed by atoms with Gasteiger partial charge in [0, 0.05) is 34.6 Å². The molecule has 0 saturated heterocycles. The van der Waals surface area contributed by atoms with Gasteiger partial charge < -0.3 is 20.9 Å². The van der Waals surface area contributed by atoms with Gasteiger partial charge in [-0.05, 0) is 92.3 Å². The number of aromatic amines is 2. The molecule has 0 saturated carbocycles. The second-order valence-electron chi connectivity index (χ2n) is 11.3. The van der Waals surface area contributed by atoms with Crippen LogP contribution in [0.2, 0.25) is 0 Å². The molecular formula is C38H42N6O3. The zero-order chi connectivity index (χ0) is 32.6. The van der Waals surface area contributed by atoms with Gasteiger partial charge in [-0.25, -0.2) is 0 Å². The molecular weight excluding hydrogens is 588 g/mol. The Morgan fingerprint density at radius 2 is 1.17 bits per heavy atom. The van der Waals surface area contributed by atoms with Gasteiger partial charge in [-0.3, -0.25) is 19.5 Å². The summed E-state index contributed by atoms with van der Waals surface area (Å²) in [6, 6.07) is 26.0. The predicted octanol–water partition coefficient (Wildman–Crippen LogP) is 8.14. The SMILES string of the molecule is C.Cc1cccc2[nH]ccc12.Cc1cccc2[nH]ncc12.Cc1cccc2c1CCC(=O)N2.Cc1cccc2c1NC(=O)CC(=O)N2. The Morgan fingerprint density at radius 3 is 1.89 bits per heavy atom. The molecule has 0 radical (unpaired) electrons. The molecule has 4 aromatic carbocycles.